The SMILES string of the molecule is CCC(CCN1CCC(c2cccs2)CC1)COc1cccc(OC)c1. The number of rotatable bonds is 9. The average molecular weight is 374 g/mol. The van der Waals surface area contributed by atoms with Gasteiger partial charge in [-0.2, -0.15) is 0 Å². The number of piperidine rings is 1. The molecule has 1 atom stereocenters. The standard InChI is InChI=1S/C22H31NO2S/c1-3-18(17-25-21-7-4-6-20(16-21)24-2)9-12-23-13-10-19(11-14-23)22-8-5-15-26-22/h4-8,15-16,18-19H,3,9-14,17H2,1-2H3. The highest BCUT2D eigenvalue weighted by Crippen LogP contribution is 2.31. The Kier molecular flexibility index (Phi) is 7.39. The molecule has 26 heavy (non-hydrogen) atoms. The zero-order chi connectivity index (χ0) is 18.2. The minimum Gasteiger partial charge on any atom is -0.497 e. The van der Waals surface area contributed by atoms with Gasteiger partial charge in [-0.3, -0.25) is 0 Å². The zero-order valence-corrected chi connectivity index (χ0v) is 16.8. The summed E-state index contributed by atoms with van der Waals surface area (Å²) in [5.74, 6) is 3.14. The molecule has 0 radical (unpaired) electrons. The molecule has 3 nitrogen and oxygen atoms in total. The maximum Gasteiger partial charge on any atom is 0.122 e. The van der Waals surface area contributed by atoms with Gasteiger partial charge in [0.1, 0.15) is 11.5 Å². The fraction of sp³-hybridized carbons (Fsp3) is 0.545. The van der Waals surface area contributed by atoms with E-state index in [1.54, 1.807) is 12.0 Å². The van der Waals surface area contributed by atoms with Crippen molar-refractivity contribution in [2.45, 2.75) is 38.5 Å². The summed E-state index contributed by atoms with van der Waals surface area (Å²) in [5.41, 5.74) is 0. The monoisotopic (exact) mass is 373 g/mol. The molecule has 1 fully saturated rings. The maximum absolute atomic E-state index is 6.01. The van der Waals surface area contributed by atoms with Gasteiger partial charge in [0, 0.05) is 10.9 Å². The molecule has 0 N–H and O–H groups in total. The van der Waals surface area contributed by atoms with Crippen LogP contribution in [0, 0.1) is 5.92 Å². The second-order valence-electron chi connectivity index (χ2n) is 7.18. The first-order valence-corrected chi connectivity index (χ1v) is 10.7. The summed E-state index contributed by atoms with van der Waals surface area (Å²) < 4.78 is 11.3. The van der Waals surface area contributed by atoms with Crippen LogP contribution in [0.4, 0.5) is 0 Å². The van der Waals surface area contributed by atoms with E-state index in [1.807, 2.05) is 35.6 Å². The largest absolute Gasteiger partial charge is 0.497 e. The number of nitrogens with zero attached hydrogens (tertiary/aromatic N) is 1. The number of hydrogen-bond donors (Lipinski definition) is 0. The van der Waals surface area contributed by atoms with Crippen LogP contribution in [0.1, 0.15) is 43.4 Å². The van der Waals surface area contributed by atoms with E-state index in [2.05, 4.69) is 29.3 Å². The molecule has 0 aliphatic carbocycles. The molecule has 0 bridgehead atoms. The second kappa shape index (κ2) is 9.98. The first-order valence-electron chi connectivity index (χ1n) is 9.81. The van der Waals surface area contributed by atoms with Gasteiger partial charge in [-0.15, -0.1) is 11.3 Å². The molecule has 1 unspecified atom stereocenters. The Morgan fingerprint density at radius 2 is 1.96 bits per heavy atom. The molecule has 3 rings (SSSR count). The average Bonchev–Trinajstić information content (AvgIpc) is 3.23. The minimum atomic E-state index is 0.608. The molecule has 1 aromatic carbocycles. The molecule has 0 saturated carbocycles. The predicted molar refractivity (Wildman–Crippen MR) is 110 cm³/mol. The minimum absolute atomic E-state index is 0.608. The normalized spacial score (nSPS) is 17.2. The molecule has 2 heterocycles. The molecule has 2 aromatic rings. The molecule has 142 valence electrons. The van der Waals surface area contributed by atoms with Crippen LogP contribution < -0.4 is 9.47 Å². The number of thiophene rings is 1. The number of ether oxygens (including phenoxy) is 2. The van der Waals surface area contributed by atoms with Crippen LogP contribution in [-0.4, -0.2) is 38.3 Å². The van der Waals surface area contributed by atoms with Gasteiger partial charge in [0.2, 0.25) is 0 Å². The van der Waals surface area contributed by atoms with Gasteiger partial charge in [0.25, 0.3) is 0 Å². The van der Waals surface area contributed by atoms with Crippen LogP contribution in [0.5, 0.6) is 11.5 Å². The van der Waals surface area contributed by atoms with E-state index in [1.165, 1.54) is 38.9 Å². The third-order valence-electron chi connectivity index (χ3n) is 5.49. The lowest BCUT2D eigenvalue weighted by Crippen LogP contribution is -2.34. The highest BCUT2D eigenvalue weighted by atomic mass is 32.1. The summed E-state index contributed by atoms with van der Waals surface area (Å²) in [7, 11) is 1.69. The van der Waals surface area contributed by atoms with Crippen molar-refractivity contribution in [1.29, 1.82) is 0 Å². The molecule has 0 spiro atoms. The van der Waals surface area contributed by atoms with Crippen LogP contribution in [-0.2, 0) is 0 Å². The molecule has 1 aliphatic heterocycles. The lowest BCUT2D eigenvalue weighted by molar-refractivity contribution is 0.175. The van der Waals surface area contributed by atoms with E-state index in [9.17, 15) is 0 Å². The van der Waals surface area contributed by atoms with Crippen molar-refractivity contribution in [3.05, 3.63) is 46.7 Å². The van der Waals surface area contributed by atoms with Gasteiger partial charge in [0.15, 0.2) is 0 Å². The third-order valence-corrected chi connectivity index (χ3v) is 6.53. The van der Waals surface area contributed by atoms with Gasteiger partial charge in [-0.1, -0.05) is 25.5 Å². The molecule has 4 heteroatoms. The van der Waals surface area contributed by atoms with Crippen LogP contribution in [0.2, 0.25) is 0 Å². The smallest absolute Gasteiger partial charge is 0.122 e. The van der Waals surface area contributed by atoms with E-state index in [0.717, 1.165) is 30.4 Å². The molecule has 0 amide bonds. The number of benzene rings is 1. The van der Waals surface area contributed by atoms with Crippen molar-refractivity contribution >= 4 is 11.3 Å². The third kappa shape index (κ3) is 5.49. The lowest BCUT2D eigenvalue weighted by atomic mass is 9.94. The van der Waals surface area contributed by atoms with Gasteiger partial charge in [-0.05, 0) is 74.3 Å². The summed E-state index contributed by atoms with van der Waals surface area (Å²) in [6, 6.07) is 12.4. The lowest BCUT2D eigenvalue weighted by Gasteiger charge is -2.32. The van der Waals surface area contributed by atoms with Crippen LogP contribution >= 0.6 is 11.3 Å². The van der Waals surface area contributed by atoms with Gasteiger partial charge in [-0.25, -0.2) is 0 Å². The zero-order valence-electron chi connectivity index (χ0n) is 16.0. The van der Waals surface area contributed by atoms with E-state index in [4.69, 9.17) is 9.47 Å². The fourth-order valence-corrected chi connectivity index (χ4v) is 4.54. The van der Waals surface area contributed by atoms with E-state index in [0.29, 0.717) is 5.92 Å². The fourth-order valence-electron chi connectivity index (χ4n) is 3.64. The molecule has 1 aliphatic rings. The van der Waals surface area contributed by atoms with Crippen LogP contribution in [0.3, 0.4) is 0 Å². The summed E-state index contributed by atoms with van der Waals surface area (Å²) in [5, 5.41) is 2.20. The van der Waals surface area contributed by atoms with E-state index >= 15 is 0 Å². The number of methoxy groups -OCH3 is 1. The summed E-state index contributed by atoms with van der Waals surface area (Å²) >= 11 is 1.92. The summed E-state index contributed by atoms with van der Waals surface area (Å²) in [6.45, 7) is 6.71. The Labute approximate surface area is 161 Å². The molecular weight excluding hydrogens is 342 g/mol. The van der Waals surface area contributed by atoms with E-state index < -0.39 is 0 Å². The first kappa shape index (κ1) is 19.2. The van der Waals surface area contributed by atoms with Crippen molar-refractivity contribution in [2.75, 3.05) is 33.4 Å². The van der Waals surface area contributed by atoms with Crippen molar-refractivity contribution in [1.82, 2.24) is 4.90 Å². The Bertz CT molecular complexity index is 635. The Hall–Kier alpha value is -1.52. The molecule has 1 saturated heterocycles. The summed E-state index contributed by atoms with van der Waals surface area (Å²) in [4.78, 5) is 4.21. The van der Waals surface area contributed by atoms with Crippen LogP contribution in [0.25, 0.3) is 0 Å². The van der Waals surface area contributed by atoms with Gasteiger partial charge >= 0.3 is 0 Å². The highest BCUT2D eigenvalue weighted by Gasteiger charge is 2.21. The number of hydrogen-bond acceptors (Lipinski definition) is 4. The van der Waals surface area contributed by atoms with E-state index in [-0.39, 0.29) is 0 Å². The second-order valence-corrected chi connectivity index (χ2v) is 8.16. The van der Waals surface area contributed by atoms with Crippen LogP contribution in [0.15, 0.2) is 41.8 Å². The first-order chi connectivity index (χ1) is 12.8. The van der Waals surface area contributed by atoms with Crippen molar-refractivity contribution < 1.29 is 9.47 Å². The predicted octanol–water partition coefficient (Wildman–Crippen LogP) is 5.43. The van der Waals surface area contributed by atoms with Crippen molar-refractivity contribution in [2.24, 2.45) is 5.92 Å². The topological polar surface area (TPSA) is 21.7 Å². The van der Waals surface area contributed by atoms with Gasteiger partial charge < -0.3 is 14.4 Å². The summed E-state index contributed by atoms with van der Waals surface area (Å²) in [6.07, 6.45) is 4.98. The highest BCUT2D eigenvalue weighted by molar-refractivity contribution is 7.10. The van der Waals surface area contributed by atoms with Crippen molar-refractivity contribution in [3.8, 4) is 11.5 Å². The molecule has 1 aromatic heterocycles. The maximum atomic E-state index is 6.01. The van der Waals surface area contributed by atoms with Crippen molar-refractivity contribution in [3.63, 3.8) is 0 Å². The Morgan fingerprint density at radius 1 is 1.15 bits per heavy atom. The number of likely N-dealkylation sites (tertiary alicyclic amines) is 1. The van der Waals surface area contributed by atoms with Gasteiger partial charge in [0.05, 0.1) is 13.7 Å². The quantitative estimate of drug-likeness (QED) is 0.585. The molecular formula is C22H31NO2S. The Balaban J connectivity index is 1.38. The Morgan fingerprint density at radius 3 is 2.65 bits per heavy atom.